The van der Waals surface area contributed by atoms with Gasteiger partial charge in [0.1, 0.15) is 10.4 Å². The van der Waals surface area contributed by atoms with Gasteiger partial charge >= 0.3 is 6.01 Å². The third-order valence-electron chi connectivity index (χ3n) is 2.04. The summed E-state index contributed by atoms with van der Waals surface area (Å²) >= 11 is 3.41. The van der Waals surface area contributed by atoms with Crippen molar-refractivity contribution in [1.29, 1.82) is 0 Å². The predicted octanol–water partition coefficient (Wildman–Crippen LogP) is 3.46. The van der Waals surface area contributed by atoms with Crippen molar-refractivity contribution in [3.05, 3.63) is 41.1 Å². The van der Waals surface area contributed by atoms with Gasteiger partial charge in [0.25, 0.3) is 0 Å². The van der Waals surface area contributed by atoms with Crippen LogP contribution in [-0.4, -0.2) is 9.55 Å². The smallest absolute Gasteiger partial charge is 0.302 e. The van der Waals surface area contributed by atoms with Gasteiger partial charge in [0.2, 0.25) is 0 Å². The Balaban J connectivity index is 2.25. The molecule has 0 unspecified atom stereocenters. The molecular weight excluding hydrogens is 256 g/mol. The Bertz CT molecular complexity index is 439. The van der Waals surface area contributed by atoms with Crippen molar-refractivity contribution in [3.8, 4) is 11.8 Å². The predicted molar refractivity (Wildman–Crippen MR) is 62.1 cm³/mol. The molecule has 0 amide bonds. The summed E-state index contributed by atoms with van der Waals surface area (Å²) in [6.07, 6.45) is 1.74. The number of ether oxygens (including phenoxy) is 1. The zero-order valence-corrected chi connectivity index (χ0v) is 9.94. The second-order valence-corrected chi connectivity index (χ2v) is 3.84. The van der Waals surface area contributed by atoms with E-state index in [1.165, 1.54) is 0 Å². The molecule has 3 nitrogen and oxygen atoms in total. The van der Waals surface area contributed by atoms with Crippen LogP contribution in [-0.2, 0) is 6.54 Å². The van der Waals surface area contributed by atoms with E-state index in [0.29, 0.717) is 6.01 Å². The van der Waals surface area contributed by atoms with Gasteiger partial charge in [-0.05, 0) is 35.0 Å². The molecule has 0 fully saturated rings. The first-order chi connectivity index (χ1) is 7.31. The first-order valence-electron chi connectivity index (χ1n) is 4.75. The Morgan fingerprint density at radius 3 is 2.73 bits per heavy atom. The number of hydrogen-bond acceptors (Lipinski definition) is 2. The Morgan fingerprint density at radius 2 is 2.07 bits per heavy atom. The van der Waals surface area contributed by atoms with Crippen molar-refractivity contribution >= 4 is 15.9 Å². The average molecular weight is 267 g/mol. The molecule has 0 saturated heterocycles. The van der Waals surface area contributed by atoms with Gasteiger partial charge in [-0.2, -0.15) is 0 Å². The lowest BCUT2D eigenvalue weighted by molar-refractivity contribution is 0.413. The van der Waals surface area contributed by atoms with Crippen LogP contribution in [0.1, 0.15) is 6.92 Å². The molecule has 2 aromatic rings. The molecule has 0 aliphatic heterocycles. The van der Waals surface area contributed by atoms with Crippen LogP contribution >= 0.6 is 15.9 Å². The maximum atomic E-state index is 5.64. The van der Waals surface area contributed by atoms with Crippen molar-refractivity contribution in [2.75, 3.05) is 0 Å². The minimum absolute atomic E-state index is 0.607. The highest BCUT2D eigenvalue weighted by atomic mass is 79.9. The lowest BCUT2D eigenvalue weighted by Crippen LogP contribution is -1.98. The SMILES string of the molecule is CCn1c(Br)cnc1Oc1ccccc1. The summed E-state index contributed by atoms with van der Waals surface area (Å²) in [5.41, 5.74) is 0. The fourth-order valence-electron chi connectivity index (χ4n) is 1.30. The van der Waals surface area contributed by atoms with Crippen LogP contribution in [0, 0.1) is 0 Å². The number of para-hydroxylation sites is 1. The number of nitrogens with zero attached hydrogens (tertiary/aromatic N) is 2. The van der Waals surface area contributed by atoms with Gasteiger partial charge in [-0.15, -0.1) is 0 Å². The molecule has 78 valence electrons. The third kappa shape index (κ3) is 2.21. The van der Waals surface area contributed by atoms with Crippen LogP contribution in [0.15, 0.2) is 41.1 Å². The van der Waals surface area contributed by atoms with E-state index in [0.717, 1.165) is 16.9 Å². The lowest BCUT2D eigenvalue weighted by atomic mass is 10.3. The van der Waals surface area contributed by atoms with Crippen LogP contribution in [0.5, 0.6) is 11.8 Å². The number of benzene rings is 1. The fourth-order valence-corrected chi connectivity index (χ4v) is 1.81. The van der Waals surface area contributed by atoms with E-state index in [9.17, 15) is 0 Å². The molecule has 0 saturated carbocycles. The minimum atomic E-state index is 0.607. The summed E-state index contributed by atoms with van der Waals surface area (Å²) in [6.45, 7) is 2.87. The fraction of sp³-hybridized carbons (Fsp3) is 0.182. The highest BCUT2D eigenvalue weighted by Gasteiger charge is 2.07. The van der Waals surface area contributed by atoms with E-state index in [2.05, 4.69) is 20.9 Å². The van der Waals surface area contributed by atoms with E-state index in [4.69, 9.17) is 4.74 Å². The summed E-state index contributed by atoms with van der Waals surface area (Å²) < 4.78 is 8.52. The van der Waals surface area contributed by atoms with Crippen LogP contribution in [0.4, 0.5) is 0 Å². The van der Waals surface area contributed by atoms with Gasteiger partial charge < -0.3 is 4.74 Å². The van der Waals surface area contributed by atoms with Crippen molar-refractivity contribution in [2.45, 2.75) is 13.5 Å². The molecular formula is C11H11BrN2O. The van der Waals surface area contributed by atoms with E-state index in [1.807, 2.05) is 41.8 Å². The highest BCUT2D eigenvalue weighted by molar-refractivity contribution is 9.10. The van der Waals surface area contributed by atoms with E-state index < -0.39 is 0 Å². The lowest BCUT2D eigenvalue weighted by Gasteiger charge is -2.06. The summed E-state index contributed by atoms with van der Waals surface area (Å²) in [7, 11) is 0. The molecule has 1 aromatic carbocycles. The molecule has 0 radical (unpaired) electrons. The molecule has 0 aliphatic carbocycles. The molecule has 15 heavy (non-hydrogen) atoms. The minimum Gasteiger partial charge on any atom is -0.426 e. The second kappa shape index (κ2) is 4.49. The van der Waals surface area contributed by atoms with Crippen molar-refractivity contribution in [1.82, 2.24) is 9.55 Å². The number of aromatic nitrogens is 2. The van der Waals surface area contributed by atoms with Gasteiger partial charge in [0.15, 0.2) is 0 Å². The Kier molecular flexibility index (Phi) is 3.06. The van der Waals surface area contributed by atoms with Crippen LogP contribution in [0.3, 0.4) is 0 Å². The molecule has 0 spiro atoms. The molecule has 0 bridgehead atoms. The summed E-state index contributed by atoms with van der Waals surface area (Å²) in [5, 5.41) is 0. The first kappa shape index (κ1) is 10.2. The van der Waals surface area contributed by atoms with Crippen molar-refractivity contribution in [2.24, 2.45) is 0 Å². The van der Waals surface area contributed by atoms with Crippen molar-refractivity contribution in [3.63, 3.8) is 0 Å². The van der Waals surface area contributed by atoms with Crippen LogP contribution in [0.2, 0.25) is 0 Å². The largest absolute Gasteiger partial charge is 0.426 e. The molecule has 0 atom stereocenters. The van der Waals surface area contributed by atoms with Gasteiger partial charge in [0.05, 0.1) is 6.20 Å². The van der Waals surface area contributed by atoms with Gasteiger partial charge in [-0.1, -0.05) is 18.2 Å². The zero-order chi connectivity index (χ0) is 10.7. The monoisotopic (exact) mass is 266 g/mol. The number of halogens is 1. The normalized spacial score (nSPS) is 10.3. The van der Waals surface area contributed by atoms with Gasteiger partial charge in [-0.25, -0.2) is 4.98 Å². The molecule has 0 aliphatic rings. The summed E-state index contributed by atoms with van der Waals surface area (Å²) in [6, 6.07) is 10.2. The Labute approximate surface area is 96.8 Å². The first-order valence-corrected chi connectivity index (χ1v) is 5.54. The number of hydrogen-bond donors (Lipinski definition) is 0. The molecule has 0 N–H and O–H groups in total. The standard InChI is InChI=1S/C11H11BrN2O/c1-2-14-10(12)8-13-11(14)15-9-6-4-3-5-7-9/h3-8H,2H2,1H3. The van der Waals surface area contributed by atoms with Crippen LogP contribution < -0.4 is 4.74 Å². The average Bonchev–Trinajstić information content (AvgIpc) is 2.61. The van der Waals surface area contributed by atoms with E-state index >= 15 is 0 Å². The molecule has 1 heterocycles. The molecule has 4 heteroatoms. The topological polar surface area (TPSA) is 27.1 Å². The Hall–Kier alpha value is -1.29. The maximum Gasteiger partial charge on any atom is 0.302 e. The van der Waals surface area contributed by atoms with Gasteiger partial charge in [0, 0.05) is 6.54 Å². The maximum absolute atomic E-state index is 5.64. The highest BCUT2D eigenvalue weighted by Crippen LogP contribution is 2.23. The second-order valence-electron chi connectivity index (χ2n) is 3.02. The van der Waals surface area contributed by atoms with Gasteiger partial charge in [-0.3, -0.25) is 4.57 Å². The summed E-state index contributed by atoms with van der Waals surface area (Å²) in [5.74, 6) is 0.797. The Morgan fingerprint density at radius 1 is 1.33 bits per heavy atom. The number of imidazole rings is 1. The number of rotatable bonds is 3. The van der Waals surface area contributed by atoms with Crippen molar-refractivity contribution < 1.29 is 4.74 Å². The van der Waals surface area contributed by atoms with E-state index in [1.54, 1.807) is 6.20 Å². The quantitative estimate of drug-likeness (QED) is 0.851. The molecule has 1 aromatic heterocycles. The summed E-state index contributed by atoms with van der Waals surface area (Å²) in [4.78, 5) is 4.18. The molecule has 2 rings (SSSR count). The zero-order valence-electron chi connectivity index (χ0n) is 8.35. The third-order valence-corrected chi connectivity index (χ3v) is 2.67. The van der Waals surface area contributed by atoms with Crippen LogP contribution in [0.25, 0.3) is 0 Å². The van der Waals surface area contributed by atoms with E-state index in [-0.39, 0.29) is 0 Å².